The Morgan fingerprint density at radius 3 is 2.39 bits per heavy atom. The van der Waals surface area contributed by atoms with Crippen LogP contribution in [0.15, 0.2) is 22.7 Å². The molecule has 100 valence electrons. The van der Waals surface area contributed by atoms with E-state index < -0.39 is 0 Å². The summed E-state index contributed by atoms with van der Waals surface area (Å²) in [6.07, 6.45) is 0. The van der Waals surface area contributed by atoms with Crippen LogP contribution in [0.25, 0.3) is 0 Å². The van der Waals surface area contributed by atoms with E-state index in [1.165, 1.54) is 0 Å². The largest absolute Gasteiger partial charge is 0.384 e. The Morgan fingerprint density at radius 1 is 1.39 bits per heavy atom. The number of nitrogens with one attached hydrogen (secondary N) is 1. The van der Waals surface area contributed by atoms with Gasteiger partial charge in [-0.15, -0.1) is 0 Å². The summed E-state index contributed by atoms with van der Waals surface area (Å²) >= 11 is 3.48. The third-order valence-electron chi connectivity index (χ3n) is 3.46. The molecule has 18 heavy (non-hydrogen) atoms. The fourth-order valence-corrected chi connectivity index (χ4v) is 2.16. The fourth-order valence-electron chi connectivity index (χ4n) is 1.81. The molecule has 0 aromatic heterocycles. The molecule has 0 radical (unpaired) electrons. The van der Waals surface area contributed by atoms with E-state index in [4.69, 9.17) is 11.1 Å². The smallest absolute Gasteiger partial charge is 0.124 e. The highest BCUT2D eigenvalue weighted by Crippen LogP contribution is 2.31. The second kappa shape index (κ2) is 5.31. The standard InChI is InChI=1S/C14H22BrN3/c1-9(14(2,3)4)18(5)12-8-10(15)6-7-11(12)13(16)17/h6-9H,1-5H3,(H3,16,17). The van der Waals surface area contributed by atoms with Gasteiger partial charge < -0.3 is 10.6 Å². The Labute approximate surface area is 118 Å². The van der Waals surface area contributed by atoms with Gasteiger partial charge in [0.05, 0.1) is 0 Å². The number of hydrogen-bond donors (Lipinski definition) is 2. The van der Waals surface area contributed by atoms with E-state index in [1.807, 2.05) is 25.2 Å². The molecule has 0 aliphatic rings. The van der Waals surface area contributed by atoms with Crippen LogP contribution in [0.5, 0.6) is 0 Å². The van der Waals surface area contributed by atoms with Crippen LogP contribution in [-0.2, 0) is 0 Å². The molecule has 1 unspecified atom stereocenters. The molecule has 4 heteroatoms. The molecule has 1 atom stereocenters. The van der Waals surface area contributed by atoms with Crippen molar-refractivity contribution >= 4 is 27.5 Å². The van der Waals surface area contributed by atoms with Crippen molar-refractivity contribution in [2.45, 2.75) is 33.7 Å². The molecule has 3 nitrogen and oxygen atoms in total. The van der Waals surface area contributed by atoms with Crippen molar-refractivity contribution in [3.63, 3.8) is 0 Å². The summed E-state index contributed by atoms with van der Waals surface area (Å²) in [5.41, 5.74) is 7.57. The first-order chi connectivity index (χ1) is 8.14. The summed E-state index contributed by atoms with van der Waals surface area (Å²) in [6.45, 7) is 8.81. The van der Waals surface area contributed by atoms with E-state index in [-0.39, 0.29) is 11.3 Å². The number of nitrogen functional groups attached to an aromatic ring is 1. The maximum absolute atomic E-state index is 7.67. The monoisotopic (exact) mass is 311 g/mol. The minimum absolute atomic E-state index is 0.102. The lowest BCUT2D eigenvalue weighted by Gasteiger charge is -2.37. The van der Waals surface area contributed by atoms with Gasteiger partial charge in [0.1, 0.15) is 5.84 Å². The third-order valence-corrected chi connectivity index (χ3v) is 3.96. The van der Waals surface area contributed by atoms with Crippen LogP contribution in [0.3, 0.4) is 0 Å². The van der Waals surface area contributed by atoms with Crippen LogP contribution in [-0.4, -0.2) is 18.9 Å². The minimum Gasteiger partial charge on any atom is -0.384 e. The zero-order valence-electron chi connectivity index (χ0n) is 11.7. The predicted molar refractivity (Wildman–Crippen MR) is 82.5 cm³/mol. The molecule has 1 aromatic carbocycles. The van der Waals surface area contributed by atoms with Crippen LogP contribution >= 0.6 is 15.9 Å². The van der Waals surface area contributed by atoms with Gasteiger partial charge in [0, 0.05) is 28.8 Å². The molecule has 0 heterocycles. The van der Waals surface area contributed by atoms with E-state index in [9.17, 15) is 0 Å². The van der Waals surface area contributed by atoms with Gasteiger partial charge in [-0.1, -0.05) is 36.7 Å². The van der Waals surface area contributed by atoms with Gasteiger partial charge in [-0.3, -0.25) is 5.41 Å². The molecular formula is C14H22BrN3. The van der Waals surface area contributed by atoms with Gasteiger partial charge in [-0.05, 0) is 30.5 Å². The van der Waals surface area contributed by atoms with Crippen molar-refractivity contribution in [1.82, 2.24) is 0 Å². The average molecular weight is 312 g/mol. The maximum atomic E-state index is 7.67. The highest BCUT2D eigenvalue weighted by molar-refractivity contribution is 9.10. The van der Waals surface area contributed by atoms with Crippen LogP contribution in [0.4, 0.5) is 5.69 Å². The molecule has 0 aliphatic carbocycles. The summed E-state index contributed by atoms with van der Waals surface area (Å²) in [5, 5.41) is 7.67. The maximum Gasteiger partial charge on any atom is 0.124 e. The van der Waals surface area contributed by atoms with Gasteiger partial charge >= 0.3 is 0 Å². The Kier molecular flexibility index (Phi) is 4.43. The van der Waals surface area contributed by atoms with Crippen LogP contribution < -0.4 is 10.6 Å². The second-order valence-corrected chi connectivity index (χ2v) is 6.64. The highest BCUT2D eigenvalue weighted by Gasteiger charge is 2.25. The molecule has 0 fully saturated rings. The van der Waals surface area contributed by atoms with Crippen molar-refractivity contribution in [1.29, 1.82) is 5.41 Å². The number of hydrogen-bond acceptors (Lipinski definition) is 2. The summed E-state index contributed by atoms with van der Waals surface area (Å²) < 4.78 is 0.996. The first kappa shape index (κ1) is 15.0. The lowest BCUT2D eigenvalue weighted by Crippen LogP contribution is -2.40. The van der Waals surface area contributed by atoms with Crippen molar-refractivity contribution in [3.05, 3.63) is 28.2 Å². The lowest BCUT2D eigenvalue weighted by atomic mass is 9.86. The Hall–Kier alpha value is -1.03. The van der Waals surface area contributed by atoms with Crippen LogP contribution in [0.1, 0.15) is 33.3 Å². The molecule has 0 aliphatic heterocycles. The number of amidine groups is 1. The molecule has 0 saturated carbocycles. The van der Waals surface area contributed by atoms with Gasteiger partial charge in [-0.2, -0.15) is 0 Å². The topological polar surface area (TPSA) is 53.1 Å². The van der Waals surface area contributed by atoms with Crippen molar-refractivity contribution in [2.24, 2.45) is 11.1 Å². The number of rotatable bonds is 3. The Balaban J connectivity index is 3.23. The van der Waals surface area contributed by atoms with Gasteiger partial charge in [0.15, 0.2) is 0 Å². The molecular weight excluding hydrogens is 290 g/mol. The Morgan fingerprint density at radius 2 is 1.94 bits per heavy atom. The summed E-state index contributed by atoms with van der Waals surface area (Å²) in [4.78, 5) is 2.18. The Bertz CT molecular complexity index is 449. The number of anilines is 1. The third kappa shape index (κ3) is 3.25. The number of halogens is 1. The van der Waals surface area contributed by atoms with Crippen molar-refractivity contribution in [2.75, 3.05) is 11.9 Å². The number of nitrogens with zero attached hydrogens (tertiary/aromatic N) is 1. The van der Waals surface area contributed by atoms with E-state index in [0.29, 0.717) is 6.04 Å². The zero-order chi connectivity index (χ0) is 14.1. The second-order valence-electron chi connectivity index (χ2n) is 5.73. The molecule has 0 saturated heterocycles. The van der Waals surface area contributed by atoms with Gasteiger partial charge in [-0.25, -0.2) is 0 Å². The molecule has 3 N–H and O–H groups in total. The fraction of sp³-hybridized carbons (Fsp3) is 0.500. The summed E-state index contributed by atoms with van der Waals surface area (Å²) in [6, 6.07) is 6.15. The number of nitrogens with two attached hydrogens (primary N) is 1. The average Bonchev–Trinajstić information content (AvgIpc) is 2.25. The number of benzene rings is 1. The lowest BCUT2D eigenvalue weighted by molar-refractivity contribution is 0.329. The van der Waals surface area contributed by atoms with Crippen molar-refractivity contribution in [3.8, 4) is 0 Å². The highest BCUT2D eigenvalue weighted by atomic mass is 79.9. The van der Waals surface area contributed by atoms with Crippen molar-refractivity contribution < 1.29 is 0 Å². The normalized spacial score (nSPS) is 13.2. The van der Waals surface area contributed by atoms with Gasteiger partial charge in [0.25, 0.3) is 0 Å². The van der Waals surface area contributed by atoms with E-state index in [0.717, 1.165) is 15.7 Å². The summed E-state index contributed by atoms with van der Waals surface area (Å²) in [7, 11) is 2.05. The van der Waals surface area contributed by atoms with E-state index in [2.05, 4.69) is 48.5 Å². The molecule has 1 aromatic rings. The quantitative estimate of drug-likeness (QED) is 0.662. The SMILES string of the molecule is CC(N(C)c1cc(Br)ccc1C(=N)N)C(C)(C)C. The predicted octanol–water partition coefficient (Wildman–Crippen LogP) is 3.60. The first-order valence-corrected chi connectivity index (χ1v) is 6.80. The molecule has 1 rings (SSSR count). The first-order valence-electron chi connectivity index (χ1n) is 6.01. The zero-order valence-corrected chi connectivity index (χ0v) is 13.3. The van der Waals surface area contributed by atoms with Crippen LogP contribution in [0, 0.1) is 10.8 Å². The van der Waals surface area contributed by atoms with E-state index in [1.54, 1.807) is 0 Å². The minimum atomic E-state index is 0.102. The van der Waals surface area contributed by atoms with Crippen LogP contribution in [0.2, 0.25) is 0 Å². The summed E-state index contributed by atoms with van der Waals surface area (Å²) in [5.74, 6) is 0.102. The van der Waals surface area contributed by atoms with E-state index >= 15 is 0 Å². The molecule has 0 amide bonds. The molecule has 0 bridgehead atoms. The molecule has 0 spiro atoms. The van der Waals surface area contributed by atoms with Gasteiger partial charge in [0.2, 0.25) is 0 Å².